The Morgan fingerprint density at radius 1 is 0.871 bits per heavy atom. The van der Waals surface area contributed by atoms with Gasteiger partial charge in [-0.3, -0.25) is 4.79 Å². The van der Waals surface area contributed by atoms with Crippen LogP contribution < -0.4 is 24.3 Å². The van der Waals surface area contributed by atoms with Gasteiger partial charge in [0.1, 0.15) is 11.5 Å². The summed E-state index contributed by atoms with van der Waals surface area (Å²) in [7, 11) is 4.44. The van der Waals surface area contributed by atoms with Crippen LogP contribution in [0.15, 0.2) is 60.7 Å². The molecule has 0 bridgehead atoms. The number of methoxy groups -OCH3 is 3. The number of benzene rings is 3. The smallest absolute Gasteiger partial charge is 0.387 e. The molecule has 0 radical (unpaired) electrons. The van der Waals surface area contributed by atoms with E-state index in [1.165, 1.54) is 33.5 Å². The van der Waals surface area contributed by atoms with Crippen LogP contribution in [-0.4, -0.2) is 33.8 Å². The monoisotopic (exact) mass is 429 g/mol. The Balaban J connectivity index is 1.96. The van der Waals surface area contributed by atoms with Gasteiger partial charge in [-0.25, -0.2) is 0 Å². The summed E-state index contributed by atoms with van der Waals surface area (Å²) in [6.45, 7) is -2.99. The number of alkyl halides is 2. The number of halogens is 2. The molecule has 0 atom stereocenters. The summed E-state index contributed by atoms with van der Waals surface area (Å²) in [5.41, 5.74) is 1.66. The van der Waals surface area contributed by atoms with Crippen LogP contribution >= 0.6 is 0 Å². The van der Waals surface area contributed by atoms with Crippen molar-refractivity contribution in [1.82, 2.24) is 0 Å². The standard InChI is InChI=1S/C23H21F2NO5/c1-28-16-10-7-14(8-11-16)18-13-15(9-12-19(18)31-23(24)25)26-22(27)17-5-4-6-20(29-2)21(17)30-3/h4-13,23H,1-3H3,(H,26,27). The van der Waals surface area contributed by atoms with Gasteiger partial charge >= 0.3 is 6.61 Å². The number of para-hydroxylation sites is 1. The van der Waals surface area contributed by atoms with Crippen molar-refractivity contribution in [2.75, 3.05) is 26.6 Å². The minimum absolute atomic E-state index is 0.0165. The first kappa shape index (κ1) is 21.9. The van der Waals surface area contributed by atoms with Crippen molar-refractivity contribution in [3.63, 3.8) is 0 Å². The highest BCUT2D eigenvalue weighted by molar-refractivity contribution is 6.07. The lowest BCUT2D eigenvalue weighted by atomic mass is 10.0. The fourth-order valence-corrected chi connectivity index (χ4v) is 3.07. The van der Waals surface area contributed by atoms with Crippen LogP contribution in [0.5, 0.6) is 23.0 Å². The quantitative estimate of drug-likeness (QED) is 0.531. The molecule has 31 heavy (non-hydrogen) atoms. The number of hydrogen-bond acceptors (Lipinski definition) is 5. The largest absolute Gasteiger partial charge is 0.497 e. The van der Waals surface area contributed by atoms with E-state index in [0.717, 1.165) is 0 Å². The SMILES string of the molecule is COc1ccc(-c2cc(NC(=O)c3cccc(OC)c3OC)ccc2OC(F)F)cc1. The first-order valence-corrected chi connectivity index (χ1v) is 9.22. The molecule has 1 amide bonds. The molecule has 0 spiro atoms. The van der Waals surface area contributed by atoms with Crippen LogP contribution in [-0.2, 0) is 0 Å². The number of nitrogens with one attached hydrogen (secondary N) is 1. The maximum atomic E-state index is 12.9. The number of ether oxygens (including phenoxy) is 4. The molecule has 0 heterocycles. The van der Waals surface area contributed by atoms with Crippen LogP contribution in [0.2, 0.25) is 0 Å². The van der Waals surface area contributed by atoms with Crippen molar-refractivity contribution in [1.29, 1.82) is 0 Å². The predicted molar refractivity (Wildman–Crippen MR) is 113 cm³/mol. The topological polar surface area (TPSA) is 66.0 Å². The summed E-state index contributed by atoms with van der Waals surface area (Å²) in [5, 5.41) is 2.76. The van der Waals surface area contributed by atoms with Crippen molar-refractivity contribution in [2.45, 2.75) is 6.61 Å². The summed E-state index contributed by atoms with van der Waals surface area (Å²) in [6.07, 6.45) is 0. The number of rotatable bonds is 8. The highest BCUT2D eigenvalue weighted by Crippen LogP contribution is 2.36. The average Bonchev–Trinajstić information content (AvgIpc) is 2.79. The van der Waals surface area contributed by atoms with Gasteiger partial charge in [-0.15, -0.1) is 0 Å². The molecule has 0 aliphatic rings. The van der Waals surface area contributed by atoms with Crippen LogP contribution in [0.25, 0.3) is 11.1 Å². The second-order valence-electron chi connectivity index (χ2n) is 6.31. The second kappa shape index (κ2) is 9.80. The van der Waals surface area contributed by atoms with Crippen LogP contribution in [0.1, 0.15) is 10.4 Å². The Morgan fingerprint density at radius 3 is 2.23 bits per heavy atom. The number of amides is 1. The Morgan fingerprint density at radius 2 is 1.61 bits per heavy atom. The summed E-state index contributed by atoms with van der Waals surface area (Å²) < 4.78 is 46.1. The maximum absolute atomic E-state index is 12.9. The molecule has 6 nitrogen and oxygen atoms in total. The van der Waals surface area contributed by atoms with Gasteiger partial charge in [-0.05, 0) is 48.0 Å². The zero-order valence-electron chi connectivity index (χ0n) is 17.1. The second-order valence-corrected chi connectivity index (χ2v) is 6.31. The number of hydrogen-bond donors (Lipinski definition) is 1. The molecule has 0 fully saturated rings. The first-order valence-electron chi connectivity index (χ1n) is 9.22. The normalized spacial score (nSPS) is 10.5. The molecule has 1 N–H and O–H groups in total. The van der Waals surface area contributed by atoms with Gasteiger partial charge in [-0.2, -0.15) is 8.78 Å². The highest BCUT2D eigenvalue weighted by Gasteiger charge is 2.18. The van der Waals surface area contributed by atoms with E-state index in [-0.39, 0.29) is 17.1 Å². The fourth-order valence-electron chi connectivity index (χ4n) is 3.07. The van der Waals surface area contributed by atoms with E-state index in [0.29, 0.717) is 28.3 Å². The van der Waals surface area contributed by atoms with Crippen LogP contribution in [0.4, 0.5) is 14.5 Å². The van der Waals surface area contributed by atoms with Gasteiger partial charge < -0.3 is 24.3 Å². The van der Waals surface area contributed by atoms with Gasteiger partial charge in [0.2, 0.25) is 0 Å². The van der Waals surface area contributed by atoms with Gasteiger partial charge in [0, 0.05) is 11.3 Å². The first-order chi connectivity index (χ1) is 15.0. The maximum Gasteiger partial charge on any atom is 0.387 e. The molecule has 0 aromatic heterocycles. The molecule has 3 rings (SSSR count). The molecule has 3 aromatic rings. The van der Waals surface area contributed by atoms with E-state index >= 15 is 0 Å². The molecular weight excluding hydrogens is 408 g/mol. The summed E-state index contributed by atoms with van der Waals surface area (Å²) in [4.78, 5) is 12.8. The van der Waals surface area contributed by atoms with Crippen LogP contribution in [0.3, 0.4) is 0 Å². The Kier molecular flexibility index (Phi) is 6.92. The van der Waals surface area contributed by atoms with E-state index < -0.39 is 12.5 Å². The molecule has 0 aliphatic carbocycles. The minimum atomic E-state index is -2.99. The molecule has 3 aromatic carbocycles. The Labute approximate surface area is 178 Å². The molecule has 0 aliphatic heterocycles. The lowest BCUT2D eigenvalue weighted by Gasteiger charge is -2.15. The van der Waals surface area contributed by atoms with Gasteiger partial charge in [0.15, 0.2) is 11.5 Å². The zero-order chi connectivity index (χ0) is 22.4. The summed E-state index contributed by atoms with van der Waals surface area (Å²) in [5.74, 6) is 0.857. The van der Waals surface area contributed by atoms with E-state index in [1.54, 1.807) is 48.5 Å². The third-order valence-corrected chi connectivity index (χ3v) is 4.50. The van der Waals surface area contributed by atoms with Gasteiger partial charge in [0.25, 0.3) is 5.91 Å². The van der Waals surface area contributed by atoms with Crippen molar-refractivity contribution in [3.05, 3.63) is 66.2 Å². The third kappa shape index (κ3) is 5.03. The van der Waals surface area contributed by atoms with E-state index in [2.05, 4.69) is 10.1 Å². The van der Waals surface area contributed by atoms with Crippen molar-refractivity contribution < 1.29 is 32.5 Å². The Bertz CT molecular complexity index is 1050. The predicted octanol–water partition coefficient (Wildman–Crippen LogP) is 5.23. The molecule has 0 saturated heterocycles. The lowest BCUT2D eigenvalue weighted by Crippen LogP contribution is -2.14. The van der Waals surface area contributed by atoms with E-state index in [4.69, 9.17) is 14.2 Å². The Hall–Kier alpha value is -3.81. The summed E-state index contributed by atoms with van der Waals surface area (Å²) >= 11 is 0. The number of carbonyl (C=O) groups excluding carboxylic acids is 1. The van der Waals surface area contributed by atoms with Gasteiger partial charge in [-0.1, -0.05) is 18.2 Å². The minimum Gasteiger partial charge on any atom is -0.497 e. The average molecular weight is 429 g/mol. The summed E-state index contributed by atoms with van der Waals surface area (Å²) in [6, 6.07) is 16.2. The molecule has 0 saturated carbocycles. The van der Waals surface area contributed by atoms with Crippen molar-refractivity contribution >= 4 is 11.6 Å². The third-order valence-electron chi connectivity index (χ3n) is 4.50. The van der Waals surface area contributed by atoms with Crippen LogP contribution in [0, 0.1) is 0 Å². The number of anilines is 1. The number of carbonyl (C=O) groups is 1. The molecule has 162 valence electrons. The van der Waals surface area contributed by atoms with E-state index in [9.17, 15) is 13.6 Å². The zero-order valence-corrected chi connectivity index (χ0v) is 17.1. The van der Waals surface area contributed by atoms with Gasteiger partial charge in [0.05, 0.1) is 26.9 Å². The molecule has 0 unspecified atom stereocenters. The lowest BCUT2D eigenvalue weighted by molar-refractivity contribution is -0.0494. The van der Waals surface area contributed by atoms with Crippen molar-refractivity contribution in [2.24, 2.45) is 0 Å². The fraction of sp³-hybridized carbons (Fsp3) is 0.174. The van der Waals surface area contributed by atoms with E-state index in [1.807, 2.05) is 0 Å². The molecular formula is C23H21F2NO5. The highest BCUT2D eigenvalue weighted by atomic mass is 19.3. The molecule has 8 heteroatoms. The van der Waals surface area contributed by atoms with Crippen molar-refractivity contribution in [3.8, 4) is 34.1 Å².